The summed E-state index contributed by atoms with van der Waals surface area (Å²) < 4.78 is 0. The highest BCUT2D eigenvalue weighted by atomic mass is 35.5. The van der Waals surface area contributed by atoms with Crippen molar-refractivity contribution in [1.82, 2.24) is 15.8 Å². The number of fused-ring (bicyclic) bond motifs is 1. The summed E-state index contributed by atoms with van der Waals surface area (Å²) in [6.07, 6.45) is 8.69. The number of halogens is 1. The Morgan fingerprint density at radius 2 is 2.06 bits per heavy atom. The number of amides is 1. The summed E-state index contributed by atoms with van der Waals surface area (Å²) >= 11 is 5.99. The number of nitrogens with zero attached hydrogens (tertiary/aromatic N) is 4. The first-order valence-electron chi connectivity index (χ1n) is 11.4. The minimum absolute atomic E-state index is 0.0275. The van der Waals surface area contributed by atoms with Crippen LogP contribution in [0.3, 0.4) is 0 Å². The van der Waals surface area contributed by atoms with Crippen LogP contribution in [0.2, 0.25) is 5.02 Å². The minimum Gasteiger partial charge on any atom is -0.311 e. The highest BCUT2D eigenvalue weighted by Crippen LogP contribution is 2.38. The van der Waals surface area contributed by atoms with Gasteiger partial charge in [0.1, 0.15) is 11.8 Å². The topological polar surface area (TPSA) is 92.9 Å². The number of hydrazine groups is 1. The van der Waals surface area contributed by atoms with Gasteiger partial charge in [-0.25, -0.2) is 9.98 Å². The summed E-state index contributed by atoms with van der Waals surface area (Å²) in [5.74, 6) is 0.372. The highest BCUT2D eigenvalue weighted by molar-refractivity contribution is 6.30. The van der Waals surface area contributed by atoms with Crippen LogP contribution in [0.4, 0.5) is 5.69 Å². The molecule has 166 valence electrons. The number of amidine groups is 1. The number of nitrogens with one attached hydrogen (secondary N) is 2. The lowest BCUT2D eigenvalue weighted by atomic mass is 9.81. The van der Waals surface area contributed by atoms with Crippen LogP contribution in [0.25, 0.3) is 0 Å². The molecule has 3 fully saturated rings. The first-order chi connectivity index (χ1) is 15.5. The fraction of sp³-hybridized carbons (Fsp3) is 0.500. The Bertz CT molecular complexity index is 1020. The number of hydrogen-bond donors (Lipinski definition) is 2. The van der Waals surface area contributed by atoms with Gasteiger partial charge in [0.05, 0.1) is 29.4 Å². The van der Waals surface area contributed by atoms with Gasteiger partial charge in [0.2, 0.25) is 0 Å². The molecule has 8 heteroatoms. The number of rotatable bonds is 5. The quantitative estimate of drug-likeness (QED) is 0.712. The van der Waals surface area contributed by atoms with Crippen LogP contribution in [0, 0.1) is 29.1 Å². The van der Waals surface area contributed by atoms with Crippen LogP contribution in [0.5, 0.6) is 0 Å². The predicted molar refractivity (Wildman–Crippen MR) is 124 cm³/mol. The third-order valence-corrected chi connectivity index (χ3v) is 7.24. The number of benzene rings is 1. The summed E-state index contributed by atoms with van der Waals surface area (Å²) in [5, 5.41) is 16.4. The fourth-order valence-electron chi connectivity index (χ4n) is 5.09. The molecule has 1 aromatic carbocycles. The van der Waals surface area contributed by atoms with E-state index in [0.717, 1.165) is 30.9 Å². The summed E-state index contributed by atoms with van der Waals surface area (Å²) in [7, 11) is 0. The van der Waals surface area contributed by atoms with Crippen LogP contribution in [0.15, 0.2) is 46.0 Å². The normalized spacial score (nSPS) is 31.7. The Morgan fingerprint density at radius 1 is 1.28 bits per heavy atom. The van der Waals surface area contributed by atoms with Gasteiger partial charge in [-0.15, -0.1) is 0 Å². The summed E-state index contributed by atoms with van der Waals surface area (Å²) in [6, 6.07) is 10.5. The summed E-state index contributed by atoms with van der Waals surface area (Å²) in [4.78, 5) is 21.3. The molecule has 2 aliphatic heterocycles. The van der Waals surface area contributed by atoms with Crippen molar-refractivity contribution >= 4 is 35.2 Å². The maximum atomic E-state index is 12.7. The second kappa shape index (κ2) is 8.68. The Morgan fingerprint density at radius 3 is 2.78 bits per heavy atom. The van der Waals surface area contributed by atoms with Crippen LogP contribution < -0.4 is 10.7 Å². The van der Waals surface area contributed by atoms with E-state index in [1.54, 1.807) is 18.3 Å². The van der Waals surface area contributed by atoms with Crippen molar-refractivity contribution in [2.75, 3.05) is 0 Å². The van der Waals surface area contributed by atoms with E-state index >= 15 is 0 Å². The van der Waals surface area contributed by atoms with Gasteiger partial charge >= 0.3 is 0 Å². The van der Waals surface area contributed by atoms with Crippen LogP contribution in [0.1, 0.15) is 39.0 Å². The van der Waals surface area contributed by atoms with Gasteiger partial charge < -0.3 is 5.32 Å². The highest BCUT2D eigenvalue weighted by Gasteiger charge is 2.46. The van der Waals surface area contributed by atoms with E-state index < -0.39 is 5.92 Å². The molecule has 1 unspecified atom stereocenters. The molecule has 2 aliphatic carbocycles. The number of hydrogen-bond acceptors (Lipinski definition) is 5. The predicted octanol–water partition coefficient (Wildman–Crippen LogP) is 3.75. The van der Waals surface area contributed by atoms with Crippen molar-refractivity contribution < 1.29 is 4.79 Å². The zero-order chi connectivity index (χ0) is 22.2. The van der Waals surface area contributed by atoms with Gasteiger partial charge in [0, 0.05) is 23.3 Å². The number of dihydropyridines is 1. The molecule has 0 spiro atoms. The molecule has 7 nitrogen and oxygen atoms in total. The maximum absolute atomic E-state index is 12.7. The zero-order valence-electron chi connectivity index (χ0n) is 18.0. The third-order valence-electron chi connectivity index (χ3n) is 6.99. The summed E-state index contributed by atoms with van der Waals surface area (Å²) in [6.45, 7) is 2.26. The van der Waals surface area contributed by atoms with Crippen molar-refractivity contribution in [3.63, 3.8) is 0 Å². The number of aliphatic imine (C=N–C) groups is 2. The molecule has 4 aliphatic rings. The van der Waals surface area contributed by atoms with Gasteiger partial charge in [0.15, 0.2) is 0 Å². The molecule has 5 rings (SSSR count). The van der Waals surface area contributed by atoms with Crippen molar-refractivity contribution in [1.29, 1.82) is 5.26 Å². The molecular weight excluding hydrogens is 424 g/mol. The SMILES string of the molecule is C[C@H](N[C@H]1CC[C@H](N2NC(=Nc3ccc(Cl)cc3)C3C(=O)N=CC=C32)[C@@H](C#N)C1)C1CC1. The molecule has 0 aromatic heterocycles. The fourth-order valence-corrected chi connectivity index (χ4v) is 5.22. The molecule has 2 saturated carbocycles. The Hall–Kier alpha value is -2.69. The van der Waals surface area contributed by atoms with Crippen molar-refractivity contribution in [2.45, 2.75) is 57.2 Å². The van der Waals surface area contributed by atoms with E-state index in [1.807, 2.05) is 23.2 Å². The van der Waals surface area contributed by atoms with Crippen LogP contribution >= 0.6 is 11.6 Å². The van der Waals surface area contributed by atoms with E-state index in [4.69, 9.17) is 11.6 Å². The second-order valence-electron chi connectivity index (χ2n) is 9.20. The van der Waals surface area contributed by atoms with Gasteiger partial charge in [-0.1, -0.05) is 11.6 Å². The zero-order valence-corrected chi connectivity index (χ0v) is 18.8. The molecule has 32 heavy (non-hydrogen) atoms. The minimum atomic E-state index is -0.569. The van der Waals surface area contributed by atoms with E-state index in [2.05, 4.69) is 33.7 Å². The average molecular weight is 451 g/mol. The van der Waals surface area contributed by atoms with Gasteiger partial charge in [-0.05, 0) is 75.3 Å². The monoisotopic (exact) mass is 450 g/mol. The lowest BCUT2D eigenvalue weighted by Crippen LogP contribution is -2.51. The van der Waals surface area contributed by atoms with Crippen LogP contribution in [-0.4, -0.2) is 41.1 Å². The van der Waals surface area contributed by atoms with E-state index in [1.165, 1.54) is 12.8 Å². The molecule has 1 amide bonds. The molecule has 5 atom stereocenters. The van der Waals surface area contributed by atoms with Crippen molar-refractivity contribution in [3.8, 4) is 6.07 Å². The maximum Gasteiger partial charge on any atom is 0.262 e. The molecule has 1 saturated heterocycles. The van der Waals surface area contributed by atoms with E-state index in [9.17, 15) is 10.1 Å². The molecule has 1 aromatic rings. The van der Waals surface area contributed by atoms with Crippen molar-refractivity contribution in [3.05, 3.63) is 41.1 Å². The molecule has 2 heterocycles. The summed E-state index contributed by atoms with van der Waals surface area (Å²) in [5.41, 5.74) is 4.88. The second-order valence-corrected chi connectivity index (χ2v) is 9.64. The molecule has 2 N–H and O–H groups in total. The van der Waals surface area contributed by atoms with Gasteiger partial charge in [0.25, 0.3) is 5.91 Å². The molecular formula is C24H27ClN6O. The van der Waals surface area contributed by atoms with Crippen molar-refractivity contribution in [2.24, 2.45) is 27.7 Å². The Labute approximate surface area is 193 Å². The first-order valence-corrected chi connectivity index (χ1v) is 11.7. The van der Waals surface area contributed by atoms with E-state index in [-0.39, 0.29) is 17.9 Å². The Balaban J connectivity index is 1.37. The van der Waals surface area contributed by atoms with Gasteiger partial charge in [-0.3, -0.25) is 15.2 Å². The Kier molecular flexibility index (Phi) is 5.75. The standard InChI is InChI=1S/C24H27ClN6O/c1-14(15-2-3-15)28-19-8-9-20(16(12-19)13-26)31-21-10-11-27-24(32)22(21)23(30-31)29-18-6-4-17(25)5-7-18/h4-7,10-11,14-16,19-20,22,28H,2-3,8-9,12H2,1H3,(H,29,30)/t14-,16+,19-,20-,22?/m0/s1. The smallest absolute Gasteiger partial charge is 0.262 e. The van der Waals surface area contributed by atoms with Crippen LogP contribution in [-0.2, 0) is 4.79 Å². The average Bonchev–Trinajstić information content (AvgIpc) is 3.58. The first kappa shape index (κ1) is 21.2. The lowest BCUT2D eigenvalue weighted by Gasteiger charge is -2.40. The lowest BCUT2D eigenvalue weighted by molar-refractivity contribution is -0.119. The van der Waals surface area contributed by atoms with Gasteiger partial charge in [-0.2, -0.15) is 5.26 Å². The number of allylic oxidation sites excluding steroid dienone is 1. The number of carbonyl (C=O) groups is 1. The molecule has 0 radical (unpaired) electrons. The molecule has 0 bridgehead atoms. The third kappa shape index (κ3) is 4.17. The number of nitriles is 1. The van der Waals surface area contributed by atoms with E-state index in [0.29, 0.717) is 28.6 Å². The largest absolute Gasteiger partial charge is 0.311 e. The number of carbonyl (C=O) groups excluding carboxylic acids is 1.